The Labute approximate surface area is 143 Å². The number of nitrogens with one attached hydrogen (secondary N) is 1. The minimum absolute atomic E-state index is 0.122. The zero-order valence-corrected chi connectivity index (χ0v) is 15.0. The van der Waals surface area contributed by atoms with Gasteiger partial charge in [0.25, 0.3) is 0 Å². The van der Waals surface area contributed by atoms with E-state index in [9.17, 15) is 13.2 Å². The lowest BCUT2D eigenvalue weighted by Crippen LogP contribution is -2.47. The van der Waals surface area contributed by atoms with Crippen LogP contribution in [0.1, 0.15) is 32.6 Å². The lowest BCUT2D eigenvalue weighted by atomic mass is 9.86. The number of carbonyl (C=O) groups is 1. The number of carbonyl (C=O) groups excluding carboxylic acids is 1. The molecule has 1 N–H and O–H groups in total. The third kappa shape index (κ3) is 5.11. The Morgan fingerprint density at radius 3 is 2.65 bits per heavy atom. The Morgan fingerprint density at radius 1 is 1.35 bits per heavy atom. The molecule has 0 spiro atoms. The summed E-state index contributed by atoms with van der Waals surface area (Å²) in [6, 6.07) is 6.62. The summed E-state index contributed by atoms with van der Waals surface area (Å²) in [7, 11) is -3.57. The van der Waals surface area contributed by atoms with Crippen LogP contribution in [0.4, 0.5) is 5.69 Å². The second-order valence-electron chi connectivity index (χ2n) is 6.19. The average molecular weight is 359 g/mol. The molecule has 2 atom stereocenters. The van der Waals surface area contributed by atoms with Crippen molar-refractivity contribution in [2.75, 3.05) is 17.1 Å². The van der Waals surface area contributed by atoms with Crippen LogP contribution in [0.3, 0.4) is 0 Å². The van der Waals surface area contributed by atoms with Crippen molar-refractivity contribution < 1.29 is 13.2 Å². The lowest BCUT2D eigenvalue weighted by molar-refractivity contribution is -0.120. The van der Waals surface area contributed by atoms with Crippen molar-refractivity contribution in [3.8, 4) is 0 Å². The van der Waals surface area contributed by atoms with E-state index < -0.39 is 10.0 Å². The van der Waals surface area contributed by atoms with Gasteiger partial charge in [-0.25, -0.2) is 8.42 Å². The van der Waals surface area contributed by atoms with Gasteiger partial charge in [-0.1, -0.05) is 37.4 Å². The number of anilines is 1. The largest absolute Gasteiger partial charge is 0.352 e. The monoisotopic (exact) mass is 358 g/mol. The summed E-state index contributed by atoms with van der Waals surface area (Å²) in [5.41, 5.74) is 0.395. The van der Waals surface area contributed by atoms with Crippen LogP contribution < -0.4 is 9.62 Å². The van der Waals surface area contributed by atoms with Gasteiger partial charge in [-0.3, -0.25) is 9.10 Å². The molecule has 1 amide bonds. The number of benzene rings is 1. The maximum absolute atomic E-state index is 12.3. The van der Waals surface area contributed by atoms with Gasteiger partial charge in [0.1, 0.15) is 6.54 Å². The first-order valence-corrected chi connectivity index (χ1v) is 10.0. The molecular weight excluding hydrogens is 336 g/mol. The molecule has 5 nitrogen and oxygen atoms in total. The molecule has 7 heteroatoms. The van der Waals surface area contributed by atoms with Gasteiger partial charge < -0.3 is 5.32 Å². The molecule has 1 aliphatic carbocycles. The second kappa shape index (κ2) is 7.53. The summed E-state index contributed by atoms with van der Waals surface area (Å²) >= 11 is 5.93. The molecule has 0 unspecified atom stereocenters. The highest BCUT2D eigenvalue weighted by Crippen LogP contribution is 2.24. The Morgan fingerprint density at radius 2 is 2.04 bits per heavy atom. The Hall–Kier alpha value is -1.27. The van der Waals surface area contributed by atoms with Crippen LogP contribution in [0.5, 0.6) is 0 Å². The zero-order valence-electron chi connectivity index (χ0n) is 13.5. The van der Waals surface area contributed by atoms with Gasteiger partial charge in [0.05, 0.1) is 11.9 Å². The van der Waals surface area contributed by atoms with E-state index in [-0.39, 0.29) is 18.5 Å². The Bertz CT molecular complexity index is 663. The lowest BCUT2D eigenvalue weighted by Gasteiger charge is -2.30. The molecule has 2 rings (SSSR count). The highest BCUT2D eigenvalue weighted by molar-refractivity contribution is 7.92. The molecule has 1 fully saturated rings. The summed E-state index contributed by atoms with van der Waals surface area (Å²) in [5, 5.41) is 3.41. The first kappa shape index (κ1) is 18.1. The molecule has 1 aliphatic rings. The van der Waals surface area contributed by atoms with E-state index in [1.54, 1.807) is 24.3 Å². The first-order valence-electron chi connectivity index (χ1n) is 7.80. The highest BCUT2D eigenvalue weighted by atomic mass is 35.5. The fourth-order valence-electron chi connectivity index (χ4n) is 2.94. The van der Waals surface area contributed by atoms with Crippen molar-refractivity contribution in [3.05, 3.63) is 29.3 Å². The number of sulfonamides is 1. The van der Waals surface area contributed by atoms with Gasteiger partial charge in [-0.05, 0) is 37.0 Å². The summed E-state index contributed by atoms with van der Waals surface area (Å²) in [6.45, 7) is 1.89. The second-order valence-corrected chi connectivity index (χ2v) is 8.53. The molecule has 1 saturated carbocycles. The summed E-state index contributed by atoms with van der Waals surface area (Å²) in [4.78, 5) is 12.3. The number of rotatable bonds is 5. The molecule has 0 aromatic heterocycles. The van der Waals surface area contributed by atoms with Crippen LogP contribution in [-0.4, -0.2) is 33.2 Å². The number of nitrogens with zero attached hydrogens (tertiary/aromatic N) is 1. The molecule has 0 aliphatic heterocycles. The van der Waals surface area contributed by atoms with E-state index in [2.05, 4.69) is 12.2 Å². The first-order chi connectivity index (χ1) is 10.8. The average Bonchev–Trinajstić information content (AvgIpc) is 2.46. The van der Waals surface area contributed by atoms with Crippen molar-refractivity contribution in [1.29, 1.82) is 0 Å². The predicted molar refractivity (Wildman–Crippen MR) is 93.2 cm³/mol. The van der Waals surface area contributed by atoms with Crippen molar-refractivity contribution in [1.82, 2.24) is 5.32 Å². The smallest absolute Gasteiger partial charge is 0.241 e. The van der Waals surface area contributed by atoms with E-state index in [1.165, 1.54) is 6.42 Å². The minimum Gasteiger partial charge on any atom is -0.352 e. The van der Waals surface area contributed by atoms with Gasteiger partial charge >= 0.3 is 0 Å². The zero-order chi connectivity index (χ0) is 17.0. The van der Waals surface area contributed by atoms with Crippen LogP contribution >= 0.6 is 11.6 Å². The fourth-order valence-corrected chi connectivity index (χ4v) is 3.98. The molecule has 23 heavy (non-hydrogen) atoms. The molecule has 1 aromatic carbocycles. The van der Waals surface area contributed by atoms with Gasteiger partial charge in [0, 0.05) is 11.1 Å². The maximum atomic E-state index is 12.3. The van der Waals surface area contributed by atoms with Gasteiger partial charge in [0.2, 0.25) is 15.9 Å². The number of amides is 1. The van der Waals surface area contributed by atoms with Crippen LogP contribution in [0, 0.1) is 5.92 Å². The fraction of sp³-hybridized carbons (Fsp3) is 0.562. The summed E-state index contributed by atoms with van der Waals surface area (Å²) in [6.07, 6.45) is 5.41. The van der Waals surface area contributed by atoms with Crippen molar-refractivity contribution in [3.63, 3.8) is 0 Å². The van der Waals surface area contributed by atoms with Gasteiger partial charge in [0.15, 0.2) is 0 Å². The molecular formula is C16H23ClN2O3S. The van der Waals surface area contributed by atoms with Crippen molar-refractivity contribution in [2.24, 2.45) is 5.92 Å². The van der Waals surface area contributed by atoms with Gasteiger partial charge in [-0.15, -0.1) is 0 Å². The third-order valence-electron chi connectivity index (χ3n) is 4.24. The molecule has 0 radical (unpaired) electrons. The molecule has 0 heterocycles. The Kier molecular flexibility index (Phi) is 5.92. The number of hydrogen-bond acceptors (Lipinski definition) is 3. The maximum Gasteiger partial charge on any atom is 0.241 e. The van der Waals surface area contributed by atoms with E-state index in [0.29, 0.717) is 16.6 Å². The van der Waals surface area contributed by atoms with Crippen LogP contribution in [0.15, 0.2) is 24.3 Å². The topological polar surface area (TPSA) is 66.5 Å². The van der Waals surface area contributed by atoms with E-state index in [4.69, 9.17) is 11.6 Å². The summed E-state index contributed by atoms with van der Waals surface area (Å²) < 4.78 is 25.2. The normalized spacial score (nSPS) is 21.7. The molecule has 0 bridgehead atoms. The van der Waals surface area contributed by atoms with Crippen LogP contribution in [0.2, 0.25) is 5.02 Å². The number of halogens is 1. The quantitative estimate of drug-likeness (QED) is 0.880. The molecule has 0 saturated heterocycles. The Balaban J connectivity index is 2.10. The SMILES string of the molecule is C[C@@H]1CCCC[C@H]1NC(=O)CN(c1cccc(Cl)c1)S(C)(=O)=O. The van der Waals surface area contributed by atoms with Crippen LogP contribution in [-0.2, 0) is 14.8 Å². The van der Waals surface area contributed by atoms with Crippen molar-refractivity contribution >= 4 is 33.2 Å². The van der Waals surface area contributed by atoms with Gasteiger partial charge in [-0.2, -0.15) is 0 Å². The standard InChI is InChI=1S/C16H23ClN2O3S/c1-12-6-3-4-9-15(12)18-16(20)11-19(23(2,21)22)14-8-5-7-13(17)10-14/h5,7-8,10,12,15H,3-4,6,9,11H2,1-2H3,(H,18,20)/t12-,15-/m1/s1. The highest BCUT2D eigenvalue weighted by Gasteiger charge is 2.26. The third-order valence-corrected chi connectivity index (χ3v) is 5.62. The van der Waals surface area contributed by atoms with Crippen LogP contribution in [0.25, 0.3) is 0 Å². The van der Waals surface area contributed by atoms with E-state index in [0.717, 1.165) is 29.8 Å². The van der Waals surface area contributed by atoms with E-state index >= 15 is 0 Å². The number of hydrogen-bond donors (Lipinski definition) is 1. The van der Waals surface area contributed by atoms with E-state index in [1.807, 2.05) is 0 Å². The minimum atomic E-state index is -3.57. The molecule has 128 valence electrons. The predicted octanol–water partition coefficient (Wildman–Crippen LogP) is 2.80. The molecule has 1 aromatic rings. The summed E-state index contributed by atoms with van der Waals surface area (Å²) in [5.74, 6) is 0.139. The van der Waals surface area contributed by atoms with Crippen molar-refractivity contribution in [2.45, 2.75) is 38.6 Å².